The first-order chi connectivity index (χ1) is 9.86. The standard InChI is InChI=1S/C14H17F3O4/c1-2-3-6-20-7-8-21-10-4-5-11(13(18)19)12(9-10)14(15,16)17/h4-5,9H,2-3,6-8H2,1H3,(H,18,19). The number of unbranched alkanes of at least 4 members (excludes halogenated alkanes) is 1. The molecule has 1 rings (SSSR count). The molecule has 21 heavy (non-hydrogen) atoms. The number of alkyl halides is 3. The lowest BCUT2D eigenvalue weighted by Gasteiger charge is -2.13. The van der Waals surface area contributed by atoms with Crippen molar-refractivity contribution in [2.24, 2.45) is 0 Å². The molecule has 118 valence electrons. The second-order valence-electron chi connectivity index (χ2n) is 4.32. The van der Waals surface area contributed by atoms with Crippen LogP contribution in [0.5, 0.6) is 5.75 Å². The van der Waals surface area contributed by atoms with E-state index in [4.69, 9.17) is 14.6 Å². The van der Waals surface area contributed by atoms with E-state index in [1.54, 1.807) is 0 Å². The van der Waals surface area contributed by atoms with Crippen molar-refractivity contribution < 1.29 is 32.5 Å². The number of carboxylic acid groups (broad SMARTS) is 1. The normalized spacial score (nSPS) is 11.4. The molecule has 0 heterocycles. The van der Waals surface area contributed by atoms with Crippen LogP contribution in [0.25, 0.3) is 0 Å². The number of hydrogen-bond donors (Lipinski definition) is 1. The Hall–Kier alpha value is -1.76. The summed E-state index contributed by atoms with van der Waals surface area (Å²) in [6.45, 7) is 2.96. The van der Waals surface area contributed by atoms with Crippen LogP contribution in [0.4, 0.5) is 13.2 Å². The predicted molar refractivity (Wildman–Crippen MR) is 69.6 cm³/mol. The Kier molecular flexibility index (Phi) is 6.48. The zero-order valence-corrected chi connectivity index (χ0v) is 11.6. The van der Waals surface area contributed by atoms with E-state index in [0.29, 0.717) is 12.7 Å². The third kappa shape index (κ3) is 5.63. The van der Waals surface area contributed by atoms with Crippen LogP contribution in [-0.4, -0.2) is 30.9 Å². The lowest BCUT2D eigenvalue weighted by Crippen LogP contribution is -2.14. The maximum Gasteiger partial charge on any atom is 0.417 e. The van der Waals surface area contributed by atoms with E-state index in [1.165, 1.54) is 6.07 Å². The summed E-state index contributed by atoms with van der Waals surface area (Å²) in [4.78, 5) is 10.8. The molecule has 0 fully saturated rings. The van der Waals surface area contributed by atoms with Gasteiger partial charge in [0.25, 0.3) is 0 Å². The van der Waals surface area contributed by atoms with E-state index in [9.17, 15) is 18.0 Å². The van der Waals surface area contributed by atoms with Gasteiger partial charge in [-0.15, -0.1) is 0 Å². The van der Waals surface area contributed by atoms with Crippen LogP contribution in [0.1, 0.15) is 35.7 Å². The van der Waals surface area contributed by atoms with E-state index in [2.05, 4.69) is 0 Å². The Bertz CT molecular complexity index is 472. The van der Waals surface area contributed by atoms with Crippen molar-refractivity contribution >= 4 is 5.97 Å². The Morgan fingerprint density at radius 3 is 2.52 bits per heavy atom. The molecule has 0 aliphatic carbocycles. The number of halogens is 3. The quantitative estimate of drug-likeness (QED) is 0.746. The number of ether oxygens (including phenoxy) is 2. The molecule has 0 unspecified atom stereocenters. The van der Waals surface area contributed by atoms with Crippen molar-refractivity contribution in [1.29, 1.82) is 0 Å². The highest BCUT2D eigenvalue weighted by Crippen LogP contribution is 2.34. The minimum atomic E-state index is -4.75. The smallest absolute Gasteiger partial charge is 0.417 e. The third-order valence-corrected chi connectivity index (χ3v) is 2.67. The fourth-order valence-electron chi connectivity index (χ4n) is 1.60. The zero-order chi connectivity index (χ0) is 15.9. The number of carbonyl (C=O) groups is 1. The average molecular weight is 306 g/mol. The van der Waals surface area contributed by atoms with Gasteiger partial charge in [0, 0.05) is 6.61 Å². The largest absolute Gasteiger partial charge is 0.491 e. The Morgan fingerprint density at radius 1 is 1.24 bits per heavy atom. The van der Waals surface area contributed by atoms with Crippen LogP contribution >= 0.6 is 0 Å². The van der Waals surface area contributed by atoms with Gasteiger partial charge in [-0.2, -0.15) is 13.2 Å². The molecule has 1 aromatic rings. The molecular weight excluding hydrogens is 289 g/mol. The molecule has 1 aromatic carbocycles. The molecule has 7 heteroatoms. The van der Waals surface area contributed by atoms with Crippen molar-refractivity contribution in [2.45, 2.75) is 25.9 Å². The van der Waals surface area contributed by atoms with Crippen LogP contribution in [0, 0.1) is 0 Å². The van der Waals surface area contributed by atoms with Crippen LogP contribution in [0.2, 0.25) is 0 Å². The second-order valence-corrected chi connectivity index (χ2v) is 4.32. The average Bonchev–Trinajstić information content (AvgIpc) is 2.41. The Morgan fingerprint density at radius 2 is 1.95 bits per heavy atom. The van der Waals surface area contributed by atoms with E-state index in [1.807, 2.05) is 6.92 Å². The number of aromatic carboxylic acids is 1. The van der Waals surface area contributed by atoms with Gasteiger partial charge in [0.2, 0.25) is 0 Å². The molecule has 0 atom stereocenters. The molecule has 1 N–H and O–H groups in total. The van der Waals surface area contributed by atoms with E-state index in [-0.39, 0.29) is 19.0 Å². The molecule has 0 aromatic heterocycles. The highest BCUT2D eigenvalue weighted by Gasteiger charge is 2.35. The molecule has 0 saturated heterocycles. The summed E-state index contributed by atoms with van der Waals surface area (Å²) in [5.41, 5.74) is -2.02. The summed E-state index contributed by atoms with van der Waals surface area (Å²) in [6, 6.07) is 2.78. The number of rotatable bonds is 8. The highest BCUT2D eigenvalue weighted by molar-refractivity contribution is 5.89. The van der Waals surface area contributed by atoms with Crippen LogP contribution < -0.4 is 4.74 Å². The van der Waals surface area contributed by atoms with Gasteiger partial charge in [0.05, 0.1) is 17.7 Å². The first-order valence-corrected chi connectivity index (χ1v) is 6.51. The van der Waals surface area contributed by atoms with Gasteiger partial charge in [-0.05, 0) is 24.6 Å². The van der Waals surface area contributed by atoms with E-state index >= 15 is 0 Å². The van der Waals surface area contributed by atoms with Crippen LogP contribution in [-0.2, 0) is 10.9 Å². The first kappa shape index (κ1) is 17.3. The molecule has 0 saturated carbocycles. The number of benzene rings is 1. The van der Waals surface area contributed by atoms with E-state index in [0.717, 1.165) is 18.9 Å². The van der Waals surface area contributed by atoms with Crippen molar-refractivity contribution in [3.05, 3.63) is 29.3 Å². The van der Waals surface area contributed by atoms with E-state index < -0.39 is 23.3 Å². The predicted octanol–water partition coefficient (Wildman–Crippen LogP) is 3.60. The van der Waals surface area contributed by atoms with Crippen LogP contribution in [0.3, 0.4) is 0 Å². The van der Waals surface area contributed by atoms with Gasteiger partial charge in [0.15, 0.2) is 0 Å². The van der Waals surface area contributed by atoms with Crippen LogP contribution in [0.15, 0.2) is 18.2 Å². The summed E-state index contributed by atoms with van der Waals surface area (Å²) >= 11 is 0. The second kappa shape index (κ2) is 7.87. The fraction of sp³-hybridized carbons (Fsp3) is 0.500. The zero-order valence-electron chi connectivity index (χ0n) is 11.6. The SMILES string of the molecule is CCCCOCCOc1ccc(C(=O)O)c(C(F)(F)F)c1. The molecule has 0 aliphatic rings. The lowest BCUT2D eigenvalue weighted by atomic mass is 10.1. The number of hydrogen-bond acceptors (Lipinski definition) is 3. The van der Waals surface area contributed by atoms with Gasteiger partial charge in [-0.1, -0.05) is 13.3 Å². The first-order valence-electron chi connectivity index (χ1n) is 6.51. The van der Waals surface area contributed by atoms with Crippen molar-refractivity contribution in [3.63, 3.8) is 0 Å². The molecule has 0 aliphatic heterocycles. The Labute approximate surface area is 120 Å². The molecular formula is C14H17F3O4. The maximum atomic E-state index is 12.8. The fourth-order valence-corrected chi connectivity index (χ4v) is 1.60. The summed E-state index contributed by atoms with van der Waals surface area (Å²) in [5, 5.41) is 8.76. The molecule has 0 amide bonds. The number of carboxylic acids is 1. The summed E-state index contributed by atoms with van der Waals surface area (Å²) in [7, 11) is 0. The summed E-state index contributed by atoms with van der Waals surface area (Å²) in [5.74, 6) is -1.66. The summed E-state index contributed by atoms with van der Waals surface area (Å²) in [6.07, 6.45) is -2.84. The van der Waals surface area contributed by atoms with Crippen molar-refractivity contribution in [3.8, 4) is 5.75 Å². The maximum absolute atomic E-state index is 12.8. The van der Waals surface area contributed by atoms with Gasteiger partial charge in [-0.3, -0.25) is 0 Å². The van der Waals surface area contributed by atoms with Gasteiger partial charge in [-0.25, -0.2) is 4.79 Å². The molecule has 0 spiro atoms. The minimum Gasteiger partial charge on any atom is -0.491 e. The molecule has 0 radical (unpaired) electrons. The topological polar surface area (TPSA) is 55.8 Å². The summed E-state index contributed by atoms with van der Waals surface area (Å²) < 4.78 is 48.7. The highest BCUT2D eigenvalue weighted by atomic mass is 19.4. The van der Waals surface area contributed by atoms with Crippen molar-refractivity contribution in [1.82, 2.24) is 0 Å². The Balaban J connectivity index is 2.66. The molecule has 0 bridgehead atoms. The lowest BCUT2D eigenvalue weighted by molar-refractivity contribution is -0.138. The van der Waals surface area contributed by atoms with Gasteiger partial charge < -0.3 is 14.6 Å². The third-order valence-electron chi connectivity index (χ3n) is 2.67. The minimum absolute atomic E-state index is 0.0357. The van der Waals surface area contributed by atoms with Gasteiger partial charge in [0.1, 0.15) is 12.4 Å². The molecule has 4 nitrogen and oxygen atoms in total. The monoisotopic (exact) mass is 306 g/mol. The van der Waals surface area contributed by atoms with Crippen molar-refractivity contribution in [2.75, 3.05) is 19.8 Å². The van der Waals surface area contributed by atoms with Gasteiger partial charge >= 0.3 is 12.1 Å².